The second-order valence-corrected chi connectivity index (χ2v) is 2.58. The fraction of sp³-hybridized carbons (Fsp3) is 0.250. The van der Waals surface area contributed by atoms with Gasteiger partial charge in [-0.3, -0.25) is 0 Å². The number of aromatic nitrogens is 1. The van der Waals surface area contributed by atoms with Crippen LogP contribution >= 0.6 is 0 Å². The lowest BCUT2D eigenvalue weighted by Crippen LogP contribution is -2.18. The summed E-state index contributed by atoms with van der Waals surface area (Å²) < 4.78 is 44.0. The van der Waals surface area contributed by atoms with Gasteiger partial charge in [0.25, 0.3) is 0 Å². The molecule has 0 saturated carbocycles. The van der Waals surface area contributed by atoms with Gasteiger partial charge in [-0.1, -0.05) is 0 Å². The van der Waals surface area contributed by atoms with Gasteiger partial charge < -0.3 is 15.2 Å². The largest absolute Gasteiger partial charge is 0.573 e. The molecule has 0 unspecified atom stereocenters. The van der Waals surface area contributed by atoms with Gasteiger partial charge in [0.2, 0.25) is 0 Å². The molecule has 0 atom stereocenters. The quantitative estimate of drug-likeness (QED) is 0.835. The van der Waals surface area contributed by atoms with E-state index in [1.807, 2.05) is 0 Å². The van der Waals surface area contributed by atoms with Crippen LogP contribution in [0.1, 0.15) is 5.69 Å². The predicted molar refractivity (Wildman–Crippen MR) is 46.6 cm³/mol. The van der Waals surface area contributed by atoms with E-state index in [0.717, 1.165) is 6.07 Å². The minimum absolute atomic E-state index is 0.143. The molecule has 0 bridgehead atoms. The summed E-state index contributed by atoms with van der Waals surface area (Å²) in [5.41, 5.74) is 4.97. The maximum atomic E-state index is 11.9. The second-order valence-electron chi connectivity index (χ2n) is 2.58. The number of nitriles is 1. The summed E-state index contributed by atoms with van der Waals surface area (Å²) >= 11 is 0. The Bertz CT molecular complexity index is 439. The van der Waals surface area contributed by atoms with Crippen molar-refractivity contribution >= 4 is 5.82 Å². The first-order valence-electron chi connectivity index (χ1n) is 3.87. The maximum absolute atomic E-state index is 11.9. The number of hydrogen-bond acceptors (Lipinski definition) is 5. The maximum Gasteiger partial charge on any atom is 0.573 e. The minimum atomic E-state index is -4.88. The molecular weight excluding hydrogens is 227 g/mol. The van der Waals surface area contributed by atoms with Crippen LogP contribution in [0.2, 0.25) is 0 Å². The third kappa shape index (κ3) is 2.66. The lowest BCUT2D eigenvalue weighted by atomic mass is 10.3. The molecule has 1 aromatic rings. The van der Waals surface area contributed by atoms with Crippen LogP contribution in [0.25, 0.3) is 0 Å². The molecule has 5 nitrogen and oxygen atoms in total. The normalized spacial score (nSPS) is 10.7. The minimum Gasteiger partial charge on any atom is -0.494 e. The first kappa shape index (κ1) is 11.9. The highest BCUT2D eigenvalue weighted by molar-refractivity contribution is 5.54. The average Bonchev–Trinajstić information content (AvgIpc) is 2.18. The molecule has 0 saturated heterocycles. The lowest BCUT2D eigenvalue weighted by Gasteiger charge is -2.12. The van der Waals surface area contributed by atoms with Gasteiger partial charge in [-0.15, -0.1) is 13.2 Å². The van der Waals surface area contributed by atoms with Crippen molar-refractivity contribution in [1.29, 1.82) is 5.26 Å². The Morgan fingerprint density at radius 2 is 2.06 bits per heavy atom. The van der Waals surface area contributed by atoms with Crippen molar-refractivity contribution in [2.45, 2.75) is 6.36 Å². The van der Waals surface area contributed by atoms with Crippen molar-refractivity contribution < 1.29 is 22.6 Å². The molecule has 0 aromatic carbocycles. The van der Waals surface area contributed by atoms with Gasteiger partial charge in [0.15, 0.2) is 23.0 Å². The molecule has 0 fully saturated rings. The molecule has 16 heavy (non-hydrogen) atoms. The molecule has 1 rings (SSSR count). The Kier molecular flexibility index (Phi) is 3.08. The van der Waals surface area contributed by atoms with Crippen LogP contribution in [0, 0.1) is 11.3 Å². The van der Waals surface area contributed by atoms with Gasteiger partial charge in [-0.05, 0) is 0 Å². The lowest BCUT2D eigenvalue weighted by molar-refractivity contribution is -0.274. The third-order valence-electron chi connectivity index (χ3n) is 1.53. The Labute approximate surface area is 88.2 Å². The molecule has 1 heterocycles. The molecule has 2 N–H and O–H groups in total. The number of pyridine rings is 1. The molecule has 0 aliphatic carbocycles. The van der Waals surface area contributed by atoms with E-state index in [1.165, 1.54) is 7.11 Å². The summed E-state index contributed by atoms with van der Waals surface area (Å²) in [5, 5.41) is 8.59. The number of nitrogen functional groups attached to an aromatic ring is 1. The summed E-state index contributed by atoms with van der Waals surface area (Å²) in [6, 6.07) is 2.48. The SMILES string of the molecule is COc1cc(OC(F)(F)F)c(N)nc1C#N. The number of hydrogen-bond donors (Lipinski definition) is 1. The van der Waals surface area contributed by atoms with Gasteiger partial charge in [0.05, 0.1) is 7.11 Å². The Morgan fingerprint density at radius 1 is 1.44 bits per heavy atom. The summed E-state index contributed by atoms with van der Waals surface area (Å²) in [7, 11) is 1.19. The first-order chi connectivity index (χ1) is 7.37. The number of anilines is 1. The number of nitrogens with two attached hydrogens (primary N) is 1. The smallest absolute Gasteiger partial charge is 0.494 e. The van der Waals surface area contributed by atoms with E-state index in [9.17, 15) is 13.2 Å². The van der Waals surface area contributed by atoms with Crippen molar-refractivity contribution in [1.82, 2.24) is 4.98 Å². The zero-order chi connectivity index (χ0) is 12.3. The van der Waals surface area contributed by atoms with E-state index in [0.29, 0.717) is 0 Å². The molecule has 0 spiro atoms. The predicted octanol–water partition coefficient (Wildman–Crippen LogP) is 1.44. The number of ether oxygens (including phenoxy) is 2. The van der Waals surface area contributed by atoms with Crippen molar-refractivity contribution in [3.63, 3.8) is 0 Å². The molecule has 0 aliphatic rings. The summed E-state index contributed by atoms with van der Waals surface area (Å²) in [6.07, 6.45) is -4.88. The van der Waals surface area contributed by atoms with Gasteiger partial charge in [0, 0.05) is 6.07 Å². The molecule has 0 amide bonds. The van der Waals surface area contributed by atoms with Crippen LogP contribution in [0.5, 0.6) is 11.5 Å². The van der Waals surface area contributed by atoms with E-state index in [-0.39, 0.29) is 11.4 Å². The number of halogens is 3. The Morgan fingerprint density at radius 3 is 2.50 bits per heavy atom. The van der Waals surface area contributed by atoms with E-state index in [1.54, 1.807) is 6.07 Å². The van der Waals surface area contributed by atoms with Gasteiger partial charge in [0.1, 0.15) is 6.07 Å². The average molecular weight is 233 g/mol. The van der Waals surface area contributed by atoms with Gasteiger partial charge >= 0.3 is 6.36 Å². The van der Waals surface area contributed by atoms with E-state index >= 15 is 0 Å². The van der Waals surface area contributed by atoms with Crippen LogP contribution in [0.4, 0.5) is 19.0 Å². The highest BCUT2D eigenvalue weighted by Gasteiger charge is 2.32. The van der Waals surface area contributed by atoms with E-state index < -0.39 is 17.9 Å². The molecule has 1 aromatic heterocycles. The van der Waals surface area contributed by atoms with Gasteiger partial charge in [-0.25, -0.2) is 4.98 Å². The number of alkyl halides is 3. The molecule has 0 radical (unpaired) electrons. The Hall–Kier alpha value is -2.17. The Balaban J connectivity index is 3.18. The molecule has 0 aliphatic heterocycles. The standard InChI is InChI=1S/C8H6F3N3O2/c1-15-5-2-6(16-8(9,10)11)7(13)14-4(5)3-12/h2H,1H3,(H2,13,14). The molecular formula is C8H6F3N3O2. The number of methoxy groups -OCH3 is 1. The topological polar surface area (TPSA) is 81.2 Å². The van der Waals surface area contributed by atoms with E-state index in [4.69, 9.17) is 11.0 Å². The molecule has 86 valence electrons. The van der Waals surface area contributed by atoms with Crippen LogP contribution in [-0.2, 0) is 0 Å². The van der Waals surface area contributed by atoms with Crippen molar-refractivity contribution in [3.8, 4) is 17.6 Å². The monoisotopic (exact) mass is 233 g/mol. The highest BCUT2D eigenvalue weighted by atomic mass is 19.4. The van der Waals surface area contributed by atoms with Crippen molar-refractivity contribution in [3.05, 3.63) is 11.8 Å². The van der Waals surface area contributed by atoms with Crippen LogP contribution in [0.15, 0.2) is 6.07 Å². The summed E-state index contributed by atoms with van der Waals surface area (Å²) in [4.78, 5) is 3.41. The third-order valence-corrected chi connectivity index (χ3v) is 1.53. The number of rotatable bonds is 2. The van der Waals surface area contributed by atoms with Crippen LogP contribution in [-0.4, -0.2) is 18.5 Å². The van der Waals surface area contributed by atoms with Gasteiger partial charge in [-0.2, -0.15) is 5.26 Å². The van der Waals surface area contributed by atoms with Crippen LogP contribution < -0.4 is 15.2 Å². The van der Waals surface area contributed by atoms with Crippen molar-refractivity contribution in [2.75, 3.05) is 12.8 Å². The number of nitrogens with zero attached hydrogens (tertiary/aromatic N) is 2. The first-order valence-corrected chi connectivity index (χ1v) is 3.87. The van der Waals surface area contributed by atoms with E-state index in [2.05, 4.69) is 14.5 Å². The van der Waals surface area contributed by atoms with Crippen LogP contribution in [0.3, 0.4) is 0 Å². The highest BCUT2D eigenvalue weighted by Crippen LogP contribution is 2.31. The fourth-order valence-electron chi connectivity index (χ4n) is 0.934. The second kappa shape index (κ2) is 4.14. The fourth-order valence-corrected chi connectivity index (χ4v) is 0.934. The zero-order valence-corrected chi connectivity index (χ0v) is 8.00. The summed E-state index contributed by atoms with van der Waals surface area (Å²) in [6.45, 7) is 0. The summed E-state index contributed by atoms with van der Waals surface area (Å²) in [5.74, 6) is -1.38. The molecule has 8 heteroatoms. The zero-order valence-electron chi connectivity index (χ0n) is 8.00. The van der Waals surface area contributed by atoms with Crippen molar-refractivity contribution in [2.24, 2.45) is 0 Å².